The van der Waals surface area contributed by atoms with Crippen molar-refractivity contribution >= 4 is 11.6 Å². The maximum Gasteiger partial charge on any atom is 0.134 e. The Balaban J connectivity index is 1.40. The fraction of sp³-hybridized carbons (Fsp3) is 0.316. The second kappa shape index (κ2) is 7.43. The van der Waals surface area contributed by atoms with Crippen molar-refractivity contribution in [3.8, 4) is 11.4 Å². The Morgan fingerprint density at radius 1 is 1.08 bits per heavy atom. The SMILES string of the molecule is COc1ccc(-n2ccc(CNc3cc(N4CCCC4)ncn3)n2)cc1. The van der Waals surface area contributed by atoms with Crippen LogP contribution in [0.1, 0.15) is 18.5 Å². The minimum absolute atomic E-state index is 0.611. The zero-order valence-electron chi connectivity index (χ0n) is 14.8. The van der Waals surface area contributed by atoms with Crippen LogP contribution in [-0.4, -0.2) is 39.9 Å². The second-order valence-corrected chi connectivity index (χ2v) is 6.26. The first kappa shape index (κ1) is 16.4. The van der Waals surface area contributed by atoms with Crippen molar-refractivity contribution in [1.29, 1.82) is 0 Å². The molecule has 0 unspecified atom stereocenters. The van der Waals surface area contributed by atoms with Crippen LogP contribution < -0.4 is 15.0 Å². The third kappa shape index (κ3) is 3.61. The predicted octanol–water partition coefficient (Wildman–Crippen LogP) is 2.88. The molecule has 26 heavy (non-hydrogen) atoms. The van der Waals surface area contributed by atoms with E-state index in [1.807, 2.05) is 47.3 Å². The summed E-state index contributed by atoms with van der Waals surface area (Å²) in [6, 6.07) is 11.8. The van der Waals surface area contributed by atoms with Crippen molar-refractivity contribution in [2.24, 2.45) is 0 Å². The van der Waals surface area contributed by atoms with E-state index < -0.39 is 0 Å². The minimum Gasteiger partial charge on any atom is -0.497 e. The molecular formula is C19H22N6O. The van der Waals surface area contributed by atoms with Crippen molar-refractivity contribution in [3.63, 3.8) is 0 Å². The molecule has 1 aliphatic heterocycles. The molecule has 0 saturated carbocycles. The number of ether oxygens (including phenoxy) is 1. The molecule has 0 amide bonds. The average Bonchev–Trinajstić information content (AvgIpc) is 3.39. The van der Waals surface area contributed by atoms with E-state index >= 15 is 0 Å². The molecule has 3 aromatic rings. The van der Waals surface area contributed by atoms with E-state index in [1.54, 1.807) is 13.4 Å². The second-order valence-electron chi connectivity index (χ2n) is 6.26. The lowest BCUT2D eigenvalue weighted by Crippen LogP contribution is -2.19. The summed E-state index contributed by atoms with van der Waals surface area (Å²) in [6.45, 7) is 2.76. The monoisotopic (exact) mass is 350 g/mol. The molecule has 4 rings (SSSR count). The fourth-order valence-corrected chi connectivity index (χ4v) is 3.08. The molecule has 1 aromatic carbocycles. The van der Waals surface area contributed by atoms with Gasteiger partial charge in [-0.15, -0.1) is 0 Å². The van der Waals surface area contributed by atoms with Gasteiger partial charge in [0.25, 0.3) is 0 Å². The Labute approximate surface area is 152 Å². The van der Waals surface area contributed by atoms with Crippen LogP contribution in [0.3, 0.4) is 0 Å². The first-order chi connectivity index (χ1) is 12.8. The molecule has 1 fully saturated rings. The van der Waals surface area contributed by atoms with Crippen LogP contribution in [0, 0.1) is 0 Å². The molecule has 0 atom stereocenters. The molecule has 3 heterocycles. The van der Waals surface area contributed by atoms with Gasteiger partial charge in [0.15, 0.2) is 0 Å². The van der Waals surface area contributed by atoms with E-state index in [0.29, 0.717) is 6.54 Å². The van der Waals surface area contributed by atoms with Crippen molar-refractivity contribution < 1.29 is 4.74 Å². The molecule has 1 saturated heterocycles. The van der Waals surface area contributed by atoms with Crippen molar-refractivity contribution in [3.05, 3.63) is 54.6 Å². The van der Waals surface area contributed by atoms with E-state index in [1.165, 1.54) is 12.8 Å². The van der Waals surface area contributed by atoms with Gasteiger partial charge >= 0.3 is 0 Å². The van der Waals surface area contributed by atoms with Crippen molar-refractivity contribution in [1.82, 2.24) is 19.7 Å². The number of hydrogen-bond acceptors (Lipinski definition) is 6. The topological polar surface area (TPSA) is 68.1 Å². The summed E-state index contributed by atoms with van der Waals surface area (Å²) in [5, 5.41) is 7.94. The Morgan fingerprint density at radius 2 is 1.88 bits per heavy atom. The van der Waals surface area contributed by atoms with Gasteiger partial charge in [0.1, 0.15) is 23.7 Å². The van der Waals surface area contributed by atoms with E-state index in [-0.39, 0.29) is 0 Å². The Morgan fingerprint density at radius 3 is 2.65 bits per heavy atom. The van der Waals surface area contributed by atoms with Crippen LogP contribution in [0.5, 0.6) is 5.75 Å². The van der Waals surface area contributed by atoms with Gasteiger partial charge in [-0.25, -0.2) is 14.6 Å². The number of aromatic nitrogens is 4. The molecule has 1 N–H and O–H groups in total. The fourth-order valence-electron chi connectivity index (χ4n) is 3.08. The van der Waals surface area contributed by atoms with Gasteiger partial charge in [0.05, 0.1) is 25.0 Å². The molecule has 0 radical (unpaired) electrons. The average molecular weight is 350 g/mol. The summed E-state index contributed by atoms with van der Waals surface area (Å²) < 4.78 is 7.04. The van der Waals surface area contributed by atoms with Crippen LogP contribution in [0.25, 0.3) is 5.69 Å². The van der Waals surface area contributed by atoms with Gasteiger partial charge in [0, 0.05) is 25.4 Å². The van der Waals surface area contributed by atoms with Gasteiger partial charge in [-0.1, -0.05) is 0 Å². The van der Waals surface area contributed by atoms with Crippen LogP contribution >= 0.6 is 0 Å². The van der Waals surface area contributed by atoms with Gasteiger partial charge < -0.3 is 15.0 Å². The van der Waals surface area contributed by atoms with Gasteiger partial charge in [0.2, 0.25) is 0 Å². The van der Waals surface area contributed by atoms with E-state index in [0.717, 1.165) is 41.9 Å². The summed E-state index contributed by atoms with van der Waals surface area (Å²) >= 11 is 0. The number of methoxy groups -OCH3 is 1. The van der Waals surface area contributed by atoms with E-state index in [2.05, 4.69) is 25.3 Å². The molecule has 0 aliphatic carbocycles. The maximum atomic E-state index is 5.19. The van der Waals surface area contributed by atoms with Crippen LogP contribution in [0.4, 0.5) is 11.6 Å². The summed E-state index contributed by atoms with van der Waals surface area (Å²) in [5.74, 6) is 2.64. The zero-order chi connectivity index (χ0) is 17.8. The maximum absolute atomic E-state index is 5.19. The molecule has 0 bridgehead atoms. The summed E-state index contributed by atoms with van der Waals surface area (Å²) in [7, 11) is 1.66. The molecule has 1 aliphatic rings. The first-order valence-electron chi connectivity index (χ1n) is 8.82. The third-order valence-electron chi connectivity index (χ3n) is 4.51. The summed E-state index contributed by atoms with van der Waals surface area (Å²) in [5.41, 5.74) is 1.94. The lowest BCUT2D eigenvalue weighted by Gasteiger charge is -2.16. The lowest BCUT2D eigenvalue weighted by atomic mass is 10.3. The molecule has 7 nitrogen and oxygen atoms in total. The van der Waals surface area contributed by atoms with Gasteiger partial charge in [-0.05, 0) is 43.2 Å². The van der Waals surface area contributed by atoms with E-state index in [9.17, 15) is 0 Å². The number of benzene rings is 1. The minimum atomic E-state index is 0.611. The highest BCUT2D eigenvalue weighted by molar-refractivity contribution is 5.49. The van der Waals surface area contributed by atoms with Crippen molar-refractivity contribution in [2.45, 2.75) is 19.4 Å². The van der Waals surface area contributed by atoms with Gasteiger partial charge in [-0.3, -0.25) is 0 Å². The van der Waals surface area contributed by atoms with Crippen molar-refractivity contribution in [2.75, 3.05) is 30.4 Å². The smallest absolute Gasteiger partial charge is 0.134 e. The Kier molecular flexibility index (Phi) is 4.68. The number of hydrogen-bond donors (Lipinski definition) is 1. The van der Waals surface area contributed by atoms with Gasteiger partial charge in [-0.2, -0.15) is 5.10 Å². The number of nitrogens with one attached hydrogen (secondary N) is 1. The molecule has 7 heteroatoms. The predicted molar refractivity (Wildman–Crippen MR) is 101 cm³/mol. The largest absolute Gasteiger partial charge is 0.497 e. The third-order valence-corrected chi connectivity index (χ3v) is 4.51. The van der Waals surface area contributed by atoms with E-state index in [4.69, 9.17) is 4.74 Å². The first-order valence-corrected chi connectivity index (χ1v) is 8.82. The highest BCUT2D eigenvalue weighted by Crippen LogP contribution is 2.19. The van der Waals surface area contributed by atoms with Crippen LogP contribution in [0.2, 0.25) is 0 Å². The summed E-state index contributed by atoms with van der Waals surface area (Å²) in [6.07, 6.45) is 6.03. The number of nitrogens with zero attached hydrogens (tertiary/aromatic N) is 5. The molecule has 134 valence electrons. The molecule has 0 spiro atoms. The molecule has 2 aromatic heterocycles. The highest BCUT2D eigenvalue weighted by atomic mass is 16.5. The quantitative estimate of drug-likeness (QED) is 0.737. The normalized spacial score (nSPS) is 13.8. The molecular weight excluding hydrogens is 328 g/mol. The highest BCUT2D eigenvalue weighted by Gasteiger charge is 2.14. The summed E-state index contributed by atoms with van der Waals surface area (Å²) in [4.78, 5) is 11.0. The Bertz CT molecular complexity index is 854. The van der Waals surface area contributed by atoms with Crippen LogP contribution in [-0.2, 0) is 6.54 Å². The number of anilines is 2. The standard InChI is InChI=1S/C19H22N6O/c1-26-17-6-4-16(5-7-17)25-11-8-15(23-25)13-20-18-12-19(22-14-21-18)24-9-2-3-10-24/h4-8,11-12,14H,2-3,9-10,13H2,1H3,(H,20,21,22). The lowest BCUT2D eigenvalue weighted by molar-refractivity contribution is 0.414. The zero-order valence-corrected chi connectivity index (χ0v) is 14.8. The Hall–Kier alpha value is -3.09. The number of rotatable bonds is 6. The van der Waals surface area contributed by atoms with Crippen LogP contribution in [0.15, 0.2) is 48.9 Å².